The third-order valence-corrected chi connectivity index (χ3v) is 8.95. The minimum atomic E-state index is -1.17. The molecular weight excluding hydrogens is 514 g/mol. The molecule has 9 nitrogen and oxygen atoms in total. The molecule has 4 aliphatic rings. The summed E-state index contributed by atoms with van der Waals surface area (Å²) in [5.41, 5.74) is 5.86. The Balaban J connectivity index is 1.32. The fourth-order valence-corrected chi connectivity index (χ4v) is 7.13. The number of nitrogens with two attached hydrogens (primary N) is 1. The van der Waals surface area contributed by atoms with Gasteiger partial charge in [0.15, 0.2) is 5.17 Å². The summed E-state index contributed by atoms with van der Waals surface area (Å²) >= 11 is 1.23. The van der Waals surface area contributed by atoms with Gasteiger partial charge in [-0.25, -0.2) is 14.2 Å². The summed E-state index contributed by atoms with van der Waals surface area (Å²) < 4.78 is 40.6. The number of pyridine rings is 2. The Labute approximate surface area is 221 Å². The van der Waals surface area contributed by atoms with Crippen molar-refractivity contribution in [2.24, 2.45) is 16.6 Å². The first-order valence-corrected chi connectivity index (χ1v) is 13.0. The molecule has 2 bridgehead atoms. The summed E-state index contributed by atoms with van der Waals surface area (Å²) in [7, 11) is 0. The number of thioether (sulfide) groups is 1. The van der Waals surface area contributed by atoms with Gasteiger partial charge in [0.2, 0.25) is 17.5 Å². The van der Waals surface area contributed by atoms with Crippen LogP contribution in [0.4, 0.5) is 14.5 Å². The number of halogens is 2. The maximum Gasteiger partial charge on any atom is 0.240 e. The van der Waals surface area contributed by atoms with E-state index in [9.17, 15) is 9.18 Å². The molecule has 1 amide bonds. The number of hydrogen-bond donors (Lipinski definition) is 1. The van der Waals surface area contributed by atoms with E-state index >= 15 is 4.39 Å². The molecule has 3 aliphatic heterocycles. The highest BCUT2D eigenvalue weighted by molar-refractivity contribution is 8.15. The zero-order valence-electron chi connectivity index (χ0n) is 20.4. The van der Waals surface area contributed by atoms with Gasteiger partial charge in [0, 0.05) is 23.9 Å². The van der Waals surface area contributed by atoms with Crippen molar-refractivity contribution in [3.05, 3.63) is 64.8 Å². The standard InChI is InChI=1S/C26H24F2N6O3S/c1-25(18-5-14(8-32-22(18)28)6-19(27)20-4-3-15(30-2)9-31-20)21-7-26(21,38-24(29)33-25)23(35)34-16-10-36-12-17(34)13-37-11-16/h3-6,8-9,16-17,21H,7,10-13H2,1H3,(H2,29,33)/b19-6-/t16?,17?,21-,25+,26-/m0/s1. The van der Waals surface area contributed by atoms with Gasteiger partial charge in [0.1, 0.15) is 10.6 Å². The molecule has 196 valence electrons. The summed E-state index contributed by atoms with van der Waals surface area (Å²) in [4.78, 5) is 31.5. The lowest BCUT2D eigenvalue weighted by Gasteiger charge is -2.47. The number of morpholine rings is 2. The van der Waals surface area contributed by atoms with E-state index in [0.717, 1.165) is 0 Å². The Hall–Kier alpha value is -3.40. The number of aromatic nitrogens is 2. The molecule has 3 atom stereocenters. The lowest BCUT2D eigenvalue weighted by molar-refractivity contribution is -0.168. The fraction of sp³-hybridized carbons (Fsp3) is 0.423. The van der Waals surface area contributed by atoms with E-state index in [1.165, 1.54) is 48.4 Å². The molecule has 1 saturated carbocycles. The topological polar surface area (TPSA) is 107 Å². The van der Waals surface area contributed by atoms with Gasteiger partial charge in [0.25, 0.3) is 0 Å². The summed E-state index contributed by atoms with van der Waals surface area (Å²) in [6.45, 7) is 10.4. The van der Waals surface area contributed by atoms with Crippen molar-refractivity contribution < 1.29 is 23.0 Å². The maximum absolute atomic E-state index is 15.2. The number of nitrogens with zero attached hydrogens (tertiary/aromatic N) is 5. The highest BCUT2D eigenvalue weighted by Crippen LogP contribution is 2.66. The van der Waals surface area contributed by atoms with E-state index in [-0.39, 0.29) is 40.3 Å². The van der Waals surface area contributed by atoms with Gasteiger partial charge in [0.05, 0.1) is 56.3 Å². The number of hydrogen-bond acceptors (Lipinski definition) is 8. The zero-order chi connectivity index (χ0) is 26.7. The van der Waals surface area contributed by atoms with Crippen LogP contribution in [0, 0.1) is 18.4 Å². The molecule has 38 heavy (non-hydrogen) atoms. The van der Waals surface area contributed by atoms with E-state index in [1.807, 2.05) is 4.90 Å². The number of ether oxygens (including phenoxy) is 2. The van der Waals surface area contributed by atoms with Crippen molar-refractivity contribution in [1.82, 2.24) is 14.9 Å². The number of rotatable bonds is 4. The number of aliphatic imine (C=N–C) groups is 1. The van der Waals surface area contributed by atoms with Gasteiger partial charge in [-0.15, -0.1) is 0 Å². The van der Waals surface area contributed by atoms with Gasteiger partial charge in [-0.05, 0) is 37.1 Å². The highest BCUT2D eigenvalue weighted by Gasteiger charge is 2.72. The van der Waals surface area contributed by atoms with Crippen LogP contribution in [-0.2, 0) is 19.8 Å². The first kappa shape index (κ1) is 24.9. The van der Waals surface area contributed by atoms with Crippen LogP contribution in [0.3, 0.4) is 0 Å². The predicted octanol–water partition coefficient (Wildman–Crippen LogP) is 3.30. The van der Waals surface area contributed by atoms with Crippen molar-refractivity contribution >= 4 is 40.4 Å². The van der Waals surface area contributed by atoms with Crippen LogP contribution in [0.1, 0.15) is 30.2 Å². The van der Waals surface area contributed by atoms with Gasteiger partial charge >= 0.3 is 0 Å². The molecule has 6 rings (SSSR count). The molecule has 0 radical (unpaired) electrons. The van der Waals surface area contributed by atoms with Crippen molar-refractivity contribution in [2.75, 3.05) is 26.4 Å². The van der Waals surface area contributed by atoms with Gasteiger partial charge in [-0.3, -0.25) is 14.8 Å². The smallest absolute Gasteiger partial charge is 0.240 e. The van der Waals surface area contributed by atoms with Crippen LogP contribution >= 0.6 is 11.8 Å². The number of carbonyl (C=O) groups is 1. The Morgan fingerprint density at radius 2 is 1.95 bits per heavy atom. The second kappa shape index (κ2) is 9.11. The van der Waals surface area contributed by atoms with Gasteiger partial charge in [-0.1, -0.05) is 17.8 Å². The van der Waals surface area contributed by atoms with E-state index in [2.05, 4.69) is 19.8 Å². The van der Waals surface area contributed by atoms with E-state index in [1.54, 1.807) is 6.92 Å². The molecule has 2 saturated heterocycles. The average molecular weight is 539 g/mol. The van der Waals surface area contributed by atoms with Crippen LogP contribution in [0.15, 0.2) is 35.6 Å². The molecule has 0 spiro atoms. The Bertz CT molecular complexity index is 1390. The predicted molar refractivity (Wildman–Crippen MR) is 137 cm³/mol. The highest BCUT2D eigenvalue weighted by atomic mass is 32.2. The molecule has 2 aromatic heterocycles. The van der Waals surface area contributed by atoms with Crippen LogP contribution in [0.2, 0.25) is 0 Å². The SMILES string of the molecule is [C-]#[N+]c1ccc(/C(F)=C/c2cnc(F)c([C@@]3(C)N=C(N)S[C@@]4(C(=O)N5C6COCC5COC6)C[C@H]43)c2)nc1. The van der Waals surface area contributed by atoms with Crippen LogP contribution in [-0.4, -0.2) is 69.2 Å². The molecule has 12 heteroatoms. The number of amides is 1. The van der Waals surface area contributed by atoms with E-state index < -0.39 is 22.1 Å². The summed E-state index contributed by atoms with van der Waals surface area (Å²) in [6.07, 6.45) is 4.17. The molecule has 2 aromatic rings. The molecule has 5 heterocycles. The number of amidine groups is 1. The zero-order valence-corrected chi connectivity index (χ0v) is 21.3. The lowest BCUT2D eigenvalue weighted by atomic mass is 9.85. The first-order chi connectivity index (χ1) is 18.2. The minimum Gasteiger partial charge on any atom is -0.378 e. The maximum atomic E-state index is 15.2. The van der Waals surface area contributed by atoms with Gasteiger partial charge < -0.3 is 20.1 Å². The van der Waals surface area contributed by atoms with E-state index in [4.69, 9.17) is 21.8 Å². The van der Waals surface area contributed by atoms with Crippen LogP contribution in [0.5, 0.6) is 0 Å². The molecule has 1 aliphatic carbocycles. The summed E-state index contributed by atoms with van der Waals surface area (Å²) in [5, 5.41) is 0.194. The Morgan fingerprint density at radius 3 is 2.58 bits per heavy atom. The molecule has 2 N–H and O–H groups in total. The van der Waals surface area contributed by atoms with Crippen molar-refractivity contribution in [1.29, 1.82) is 0 Å². The second-order valence-corrected chi connectivity index (χ2v) is 11.4. The minimum absolute atomic E-state index is 0.0395. The molecule has 0 aromatic carbocycles. The molecular formula is C26H24F2N6O3S. The number of carbonyl (C=O) groups excluding carboxylic acids is 1. The third-order valence-electron chi connectivity index (χ3n) is 7.66. The second-order valence-electron chi connectivity index (χ2n) is 10.1. The largest absolute Gasteiger partial charge is 0.378 e. The fourth-order valence-electron chi connectivity index (χ4n) is 5.71. The quantitative estimate of drug-likeness (QED) is 0.470. The van der Waals surface area contributed by atoms with Crippen LogP contribution in [0.25, 0.3) is 16.7 Å². The molecule has 3 fully saturated rings. The Kier molecular flexibility index (Phi) is 5.97. The van der Waals surface area contributed by atoms with Crippen molar-refractivity contribution in [3.63, 3.8) is 0 Å². The number of fused-ring (bicyclic) bond motifs is 3. The van der Waals surface area contributed by atoms with E-state index in [0.29, 0.717) is 44.1 Å². The summed E-state index contributed by atoms with van der Waals surface area (Å²) in [5.74, 6) is -1.79. The molecule has 0 unspecified atom stereocenters. The normalized spacial score (nSPS) is 32.2. The summed E-state index contributed by atoms with van der Waals surface area (Å²) in [6, 6.07) is 4.01. The van der Waals surface area contributed by atoms with Crippen LogP contribution < -0.4 is 5.73 Å². The monoisotopic (exact) mass is 538 g/mol. The van der Waals surface area contributed by atoms with Crippen molar-refractivity contribution in [3.8, 4) is 0 Å². The van der Waals surface area contributed by atoms with Gasteiger partial charge in [-0.2, -0.15) is 4.39 Å². The lowest BCUT2D eigenvalue weighted by Crippen LogP contribution is -2.64. The van der Waals surface area contributed by atoms with Crippen molar-refractivity contribution in [2.45, 2.75) is 35.7 Å². The third kappa shape index (κ3) is 3.97. The average Bonchev–Trinajstić information content (AvgIpc) is 3.65. The Morgan fingerprint density at radius 1 is 1.24 bits per heavy atom. The first-order valence-electron chi connectivity index (χ1n) is 12.1.